The van der Waals surface area contributed by atoms with Gasteiger partial charge in [0, 0.05) is 25.0 Å². The van der Waals surface area contributed by atoms with Crippen molar-refractivity contribution in [1.29, 1.82) is 0 Å². The summed E-state index contributed by atoms with van der Waals surface area (Å²) >= 11 is 0. The molecule has 27 heavy (non-hydrogen) atoms. The van der Waals surface area contributed by atoms with Gasteiger partial charge in [-0.2, -0.15) is 0 Å². The van der Waals surface area contributed by atoms with Gasteiger partial charge in [0.1, 0.15) is 0 Å². The highest BCUT2D eigenvalue weighted by Gasteiger charge is 2.38. The third-order valence-corrected chi connectivity index (χ3v) is 6.33. The molecule has 0 unspecified atom stereocenters. The number of halogens is 1. The first kappa shape index (κ1) is 24.2. The summed E-state index contributed by atoms with van der Waals surface area (Å²) in [7, 11) is -3.11. The number of hydrogen-bond donors (Lipinski definition) is 3. The maximum absolute atomic E-state index is 11.4. The monoisotopic (exact) mass is 508 g/mol. The summed E-state index contributed by atoms with van der Waals surface area (Å²) in [4.78, 5) is 4.80. The van der Waals surface area contributed by atoms with Crippen LogP contribution < -0.4 is 15.4 Å². The lowest BCUT2D eigenvalue weighted by molar-refractivity contribution is 0.253. The van der Waals surface area contributed by atoms with Gasteiger partial charge < -0.3 is 10.6 Å². The molecule has 0 atom stereocenters. The van der Waals surface area contributed by atoms with Crippen molar-refractivity contribution in [2.45, 2.75) is 44.9 Å². The average molecular weight is 508 g/mol. The van der Waals surface area contributed by atoms with E-state index in [1.54, 1.807) is 6.92 Å². The summed E-state index contributed by atoms with van der Waals surface area (Å²) in [5, 5.41) is 6.57. The Bertz CT molecular complexity index is 676. The van der Waals surface area contributed by atoms with Crippen LogP contribution in [0.1, 0.15) is 45.1 Å². The third kappa shape index (κ3) is 7.57. The van der Waals surface area contributed by atoms with E-state index in [1.807, 2.05) is 6.92 Å². The highest BCUT2D eigenvalue weighted by atomic mass is 127. The standard InChI is InChI=1S/C19H32N4O2S.HI/c1-3-20-18(21-14-9-15-23-26(24,25)4-2)22-16-19(12-8-13-19)17-10-6-5-7-11-17;/h5-7,10-11,23H,3-4,8-9,12-16H2,1-2H3,(H2,20,21,22);1H. The summed E-state index contributed by atoms with van der Waals surface area (Å²) < 4.78 is 25.4. The van der Waals surface area contributed by atoms with Crippen LogP contribution in [0.4, 0.5) is 0 Å². The van der Waals surface area contributed by atoms with E-state index < -0.39 is 10.0 Å². The Labute approximate surface area is 181 Å². The van der Waals surface area contributed by atoms with E-state index >= 15 is 0 Å². The average Bonchev–Trinajstić information content (AvgIpc) is 2.61. The molecule has 154 valence electrons. The van der Waals surface area contributed by atoms with E-state index in [4.69, 9.17) is 4.99 Å². The van der Waals surface area contributed by atoms with E-state index in [9.17, 15) is 8.42 Å². The van der Waals surface area contributed by atoms with Gasteiger partial charge >= 0.3 is 0 Å². The first-order valence-corrected chi connectivity index (χ1v) is 11.2. The molecule has 6 nitrogen and oxygen atoms in total. The Morgan fingerprint density at radius 3 is 2.37 bits per heavy atom. The number of benzene rings is 1. The molecule has 1 aliphatic rings. The SMILES string of the molecule is CCNC(=NCC1(c2ccccc2)CCC1)NCCCNS(=O)(=O)CC.I. The van der Waals surface area contributed by atoms with E-state index in [0.717, 1.165) is 19.0 Å². The van der Waals surface area contributed by atoms with Crippen LogP contribution in [0.25, 0.3) is 0 Å². The summed E-state index contributed by atoms with van der Waals surface area (Å²) in [6, 6.07) is 10.7. The highest BCUT2D eigenvalue weighted by molar-refractivity contribution is 14.0. The predicted octanol–water partition coefficient (Wildman–Crippen LogP) is 2.61. The van der Waals surface area contributed by atoms with E-state index in [0.29, 0.717) is 19.5 Å². The van der Waals surface area contributed by atoms with Crippen molar-refractivity contribution in [3.05, 3.63) is 35.9 Å². The summed E-state index contributed by atoms with van der Waals surface area (Å²) in [5.41, 5.74) is 1.54. The van der Waals surface area contributed by atoms with E-state index in [2.05, 4.69) is 45.7 Å². The first-order valence-electron chi connectivity index (χ1n) is 9.56. The Balaban J connectivity index is 0.00000364. The molecule has 2 rings (SSSR count). The smallest absolute Gasteiger partial charge is 0.211 e. The molecule has 1 saturated carbocycles. The zero-order chi connectivity index (χ0) is 18.9. The molecule has 0 aromatic heterocycles. The van der Waals surface area contributed by atoms with Crippen LogP contribution >= 0.6 is 24.0 Å². The number of guanidine groups is 1. The topological polar surface area (TPSA) is 82.6 Å². The third-order valence-electron chi connectivity index (χ3n) is 4.93. The van der Waals surface area contributed by atoms with Gasteiger partial charge in [0.05, 0.1) is 12.3 Å². The molecule has 8 heteroatoms. The predicted molar refractivity (Wildman–Crippen MR) is 123 cm³/mol. The minimum Gasteiger partial charge on any atom is -0.357 e. The zero-order valence-electron chi connectivity index (χ0n) is 16.3. The first-order chi connectivity index (χ1) is 12.5. The normalized spacial score (nSPS) is 16.1. The fourth-order valence-corrected chi connectivity index (χ4v) is 3.79. The van der Waals surface area contributed by atoms with Gasteiger partial charge in [-0.05, 0) is 38.7 Å². The molecule has 0 bridgehead atoms. The summed E-state index contributed by atoms with van der Waals surface area (Å²) in [6.07, 6.45) is 4.33. The minimum atomic E-state index is -3.11. The maximum atomic E-state index is 11.4. The van der Waals surface area contributed by atoms with Crippen molar-refractivity contribution in [2.24, 2.45) is 4.99 Å². The van der Waals surface area contributed by atoms with Crippen molar-refractivity contribution >= 4 is 40.0 Å². The molecule has 3 N–H and O–H groups in total. The second-order valence-corrected chi connectivity index (χ2v) is 8.87. The van der Waals surface area contributed by atoms with Crippen molar-refractivity contribution in [3.63, 3.8) is 0 Å². The molecule has 1 fully saturated rings. The van der Waals surface area contributed by atoms with Crippen LogP contribution in [0.2, 0.25) is 0 Å². The molecule has 0 amide bonds. The van der Waals surface area contributed by atoms with Gasteiger partial charge in [0.15, 0.2) is 5.96 Å². The number of nitrogens with zero attached hydrogens (tertiary/aromatic N) is 1. The Morgan fingerprint density at radius 1 is 1.11 bits per heavy atom. The molecule has 1 aromatic carbocycles. The highest BCUT2D eigenvalue weighted by Crippen LogP contribution is 2.43. The number of hydrogen-bond acceptors (Lipinski definition) is 3. The van der Waals surface area contributed by atoms with Crippen LogP contribution in [-0.2, 0) is 15.4 Å². The van der Waals surface area contributed by atoms with Crippen LogP contribution in [0.5, 0.6) is 0 Å². The van der Waals surface area contributed by atoms with Gasteiger partial charge in [-0.15, -0.1) is 24.0 Å². The van der Waals surface area contributed by atoms with Crippen molar-refractivity contribution < 1.29 is 8.42 Å². The fourth-order valence-electron chi connectivity index (χ4n) is 3.13. The lowest BCUT2D eigenvalue weighted by atomic mass is 9.64. The van der Waals surface area contributed by atoms with Gasteiger partial charge in [0.2, 0.25) is 10.0 Å². The van der Waals surface area contributed by atoms with E-state index in [1.165, 1.54) is 24.8 Å². The van der Waals surface area contributed by atoms with Crippen LogP contribution in [0.15, 0.2) is 35.3 Å². The van der Waals surface area contributed by atoms with Crippen molar-refractivity contribution in [1.82, 2.24) is 15.4 Å². The zero-order valence-corrected chi connectivity index (χ0v) is 19.5. The maximum Gasteiger partial charge on any atom is 0.211 e. The van der Waals surface area contributed by atoms with Crippen LogP contribution in [0, 0.1) is 0 Å². The second kappa shape index (κ2) is 11.9. The Morgan fingerprint density at radius 2 is 1.81 bits per heavy atom. The largest absolute Gasteiger partial charge is 0.357 e. The molecule has 0 saturated heterocycles. The minimum absolute atomic E-state index is 0. The fraction of sp³-hybridized carbons (Fsp3) is 0.632. The lowest BCUT2D eigenvalue weighted by Crippen LogP contribution is -2.42. The van der Waals surface area contributed by atoms with Crippen LogP contribution in [-0.4, -0.2) is 46.3 Å². The van der Waals surface area contributed by atoms with Crippen molar-refractivity contribution in [3.8, 4) is 0 Å². The molecule has 0 heterocycles. The van der Waals surface area contributed by atoms with Gasteiger partial charge in [0.25, 0.3) is 0 Å². The molecule has 0 aliphatic heterocycles. The Kier molecular flexibility index (Phi) is 10.6. The molecule has 1 aliphatic carbocycles. The molecule has 1 aromatic rings. The number of rotatable bonds is 10. The van der Waals surface area contributed by atoms with Gasteiger partial charge in [-0.1, -0.05) is 36.8 Å². The lowest BCUT2D eigenvalue weighted by Gasteiger charge is -2.41. The quantitative estimate of drug-likeness (QED) is 0.197. The van der Waals surface area contributed by atoms with E-state index in [-0.39, 0.29) is 35.1 Å². The molecule has 0 radical (unpaired) electrons. The molecule has 0 spiro atoms. The molecular weight excluding hydrogens is 475 g/mol. The Hall–Kier alpha value is -0.870. The summed E-state index contributed by atoms with van der Waals surface area (Å²) in [5.74, 6) is 0.916. The van der Waals surface area contributed by atoms with Gasteiger partial charge in [-0.3, -0.25) is 4.99 Å². The summed E-state index contributed by atoms with van der Waals surface area (Å²) in [6.45, 7) is 6.37. The van der Waals surface area contributed by atoms with Crippen LogP contribution in [0.3, 0.4) is 0 Å². The molecular formula is C19H33IN4O2S. The van der Waals surface area contributed by atoms with Crippen molar-refractivity contribution in [2.75, 3.05) is 31.9 Å². The number of nitrogens with one attached hydrogen (secondary N) is 3. The second-order valence-electron chi connectivity index (χ2n) is 6.77. The van der Waals surface area contributed by atoms with Gasteiger partial charge in [-0.25, -0.2) is 13.1 Å². The number of sulfonamides is 1. The number of aliphatic imine (C=N–C) groups is 1.